The molecule has 0 spiro atoms. The lowest BCUT2D eigenvalue weighted by Gasteiger charge is -2.11. The topological polar surface area (TPSA) is 78.4 Å². The third-order valence-corrected chi connectivity index (χ3v) is 4.84. The number of rotatable bonds is 8. The maximum atomic E-state index is 12.0. The Morgan fingerprint density at radius 1 is 1.15 bits per heavy atom. The lowest BCUT2D eigenvalue weighted by atomic mass is 10.3. The van der Waals surface area contributed by atoms with Crippen LogP contribution in [-0.2, 0) is 17.8 Å². The molecule has 0 radical (unpaired) electrons. The lowest BCUT2D eigenvalue weighted by molar-refractivity contribution is -0.116. The van der Waals surface area contributed by atoms with Crippen molar-refractivity contribution in [1.29, 1.82) is 0 Å². The Kier molecular flexibility index (Phi) is 11.0. The minimum atomic E-state index is -0.0736. The van der Waals surface area contributed by atoms with Crippen molar-refractivity contribution in [2.24, 2.45) is 4.99 Å². The Hall–Kier alpha value is -1.68. The van der Waals surface area contributed by atoms with Gasteiger partial charge in [0.2, 0.25) is 5.91 Å². The molecule has 2 aromatic heterocycles. The van der Waals surface area contributed by atoms with Crippen molar-refractivity contribution < 1.29 is 4.79 Å². The van der Waals surface area contributed by atoms with E-state index >= 15 is 0 Å². The van der Waals surface area contributed by atoms with Gasteiger partial charge in [0.15, 0.2) is 5.96 Å². The summed E-state index contributed by atoms with van der Waals surface area (Å²) < 4.78 is 0. The Labute approximate surface area is 182 Å². The largest absolute Gasteiger partial charge is 0.357 e. The smallest absolute Gasteiger partial charge is 0.227 e. The van der Waals surface area contributed by atoms with E-state index < -0.39 is 0 Å². The number of nitrogens with zero attached hydrogens (tertiary/aromatic N) is 2. The number of carbonyl (C=O) groups excluding carboxylic acids is 1. The first-order chi connectivity index (χ1) is 12.6. The predicted molar refractivity (Wildman–Crippen MR) is 124 cm³/mol. The maximum absolute atomic E-state index is 12.0. The fourth-order valence-electron chi connectivity index (χ4n) is 2.24. The van der Waals surface area contributed by atoms with Crippen LogP contribution in [0.25, 0.3) is 0 Å². The van der Waals surface area contributed by atoms with Gasteiger partial charge in [-0.05, 0) is 44.0 Å². The van der Waals surface area contributed by atoms with Gasteiger partial charge in [0.25, 0.3) is 0 Å². The molecule has 3 N–H and O–H groups in total. The summed E-state index contributed by atoms with van der Waals surface area (Å²) in [6.07, 6.45) is 3.13. The number of guanidine groups is 1. The average Bonchev–Trinajstić information content (AvgIpc) is 3.10. The molecule has 0 unspecified atom stereocenters. The number of aliphatic imine (C=N–C) groups is 1. The Balaban J connectivity index is 0.00000364. The molecule has 8 heteroatoms. The summed E-state index contributed by atoms with van der Waals surface area (Å²) in [5, 5.41) is 9.20. The lowest BCUT2D eigenvalue weighted by Crippen LogP contribution is -2.38. The number of anilines is 1. The van der Waals surface area contributed by atoms with Crippen LogP contribution in [0.3, 0.4) is 0 Å². The number of halogens is 1. The highest BCUT2D eigenvalue weighted by Gasteiger charge is 2.05. The van der Waals surface area contributed by atoms with Crippen molar-refractivity contribution in [2.75, 3.05) is 18.4 Å². The van der Waals surface area contributed by atoms with E-state index in [9.17, 15) is 4.79 Å². The number of amides is 1. The van der Waals surface area contributed by atoms with Gasteiger partial charge >= 0.3 is 0 Å². The van der Waals surface area contributed by atoms with Crippen molar-refractivity contribution >= 4 is 53.0 Å². The highest BCUT2D eigenvalue weighted by molar-refractivity contribution is 14.0. The second-order valence-corrected chi connectivity index (χ2v) is 7.12. The second kappa shape index (κ2) is 12.7. The minimum Gasteiger partial charge on any atom is -0.357 e. The van der Waals surface area contributed by atoms with E-state index in [1.807, 2.05) is 19.9 Å². The van der Waals surface area contributed by atoms with E-state index in [0.29, 0.717) is 25.3 Å². The molecule has 6 nitrogen and oxygen atoms in total. The van der Waals surface area contributed by atoms with Gasteiger partial charge in [0.05, 0.1) is 6.54 Å². The molecule has 0 bridgehead atoms. The van der Waals surface area contributed by atoms with E-state index in [0.717, 1.165) is 24.5 Å². The van der Waals surface area contributed by atoms with E-state index in [1.54, 1.807) is 23.6 Å². The summed E-state index contributed by atoms with van der Waals surface area (Å²) in [5.41, 5.74) is 1.06. The predicted octanol–water partition coefficient (Wildman–Crippen LogP) is 3.72. The van der Waals surface area contributed by atoms with E-state index in [2.05, 4.69) is 45.0 Å². The zero-order valence-electron chi connectivity index (χ0n) is 16.0. The molecule has 0 aromatic carbocycles. The van der Waals surface area contributed by atoms with Gasteiger partial charge in [-0.1, -0.05) is 13.0 Å². The number of pyridine rings is 1. The van der Waals surface area contributed by atoms with Crippen molar-refractivity contribution in [1.82, 2.24) is 15.6 Å². The molecule has 2 aromatic rings. The number of nitrogens with one attached hydrogen (secondary N) is 3. The molecule has 2 rings (SSSR count). The summed E-state index contributed by atoms with van der Waals surface area (Å²) >= 11 is 1.79. The van der Waals surface area contributed by atoms with Gasteiger partial charge in [0.1, 0.15) is 5.82 Å². The molecule has 0 aliphatic carbocycles. The third-order valence-electron chi connectivity index (χ3n) is 3.63. The molecule has 0 aliphatic heterocycles. The average molecular weight is 501 g/mol. The fourth-order valence-corrected chi connectivity index (χ4v) is 3.12. The van der Waals surface area contributed by atoms with Crippen molar-refractivity contribution in [2.45, 2.75) is 40.2 Å². The fraction of sp³-hybridized carbons (Fsp3) is 0.421. The molecular formula is C19H28IN5OS. The summed E-state index contributed by atoms with van der Waals surface area (Å²) in [4.78, 5) is 23.4. The van der Waals surface area contributed by atoms with Gasteiger partial charge in [-0.2, -0.15) is 0 Å². The van der Waals surface area contributed by atoms with Crippen LogP contribution in [-0.4, -0.2) is 29.9 Å². The monoisotopic (exact) mass is 501 g/mol. The molecule has 148 valence electrons. The molecule has 0 aliphatic rings. The summed E-state index contributed by atoms with van der Waals surface area (Å²) in [7, 11) is 0. The van der Waals surface area contributed by atoms with E-state index in [1.165, 1.54) is 9.75 Å². The van der Waals surface area contributed by atoms with Gasteiger partial charge in [-0.15, -0.1) is 35.3 Å². The normalized spacial score (nSPS) is 10.9. The zero-order valence-corrected chi connectivity index (χ0v) is 19.2. The molecule has 27 heavy (non-hydrogen) atoms. The molecule has 0 fully saturated rings. The Morgan fingerprint density at radius 2 is 1.93 bits per heavy atom. The first kappa shape index (κ1) is 23.4. The van der Waals surface area contributed by atoms with E-state index in [4.69, 9.17) is 0 Å². The number of thiophene rings is 1. The molecule has 0 saturated carbocycles. The number of aromatic nitrogens is 1. The molecule has 0 atom stereocenters. The van der Waals surface area contributed by atoms with Crippen LogP contribution >= 0.6 is 35.3 Å². The van der Waals surface area contributed by atoms with Crippen LogP contribution in [0.1, 0.15) is 35.6 Å². The van der Waals surface area contributed by atoms with E-state index in [-0.39, 0.29) is 29.9 Å². The zero-order chi connectivity index (χ0) is 18.8. The Bertz CT molecular complexity index is 730. The molecule has 0 saturated heterocycles. The number of aryl methyl sites for hydroxylation is 2. The van der Waals surface area contributed by atoms with Gasteiger partial charge in [-0.3, -0.25) is 4.79 Å². The Morgan fingerprint density at radius 3 is 2.56 bits per heavy atom. The number of carbonyl (C=O) groups is 1. The van der Waals surface area contributed by atoms with Crippen LogP contribution in [0.15, 0.2) is 35.5 Å². The standard InChI is InChI=1S/C19H27N5OS.HI/c1-4-15-7-8-16(26-15)13-23-19(20-5-2)21-11-10-18(25)24-17-9-6-14(3)12-22-17;/h6-9,12H,4-5,10-11,13H2,1-3H3,(H2,20,21,23)(H,22,24,25);1H. The minimum absolute atomic E-state index is 0. The summed E-state index contributed by atoms with van der Waals surface area (Å²) in [5.74, 6) is 1.22. The van der Waals surface area contributed by atoms with Crippen molar-refractivity contribution in [3.8, 4) is 0 Å². The summed E-state index contributed by atoms with van der Waals surface area (Å²) in [6.45, 7) is 8.06. The maximum Gasteiger partial charge on any atom is 0.227 e. The number of hydrogen-bond acceptors (Lipinski definition) is 4. The van der Waals surface area contributed by atoms with Gasteiger partial charge < -0.3 is 16.0 Å². The third kappa shape index (κ3) is 8.70. The first-order valence-electron chi connectivity index (χ1n) is 8.93. The highest BCUT2D eigenvalue weighted by atomic mass is 127. The van der Waals surface area contributed by atoms with Gasteiger partial charge in [-0.25, -0.2) is 9.98 Å². The van der Waals surface area contributed by atoms with Crippen LogP contribution in [0.2, 0.25) is 0 Å². The van der Waals surface area contributed by atoms with Crippen LogP contribution in [0.4, 0.5) is 5.82 Å². The van der Waals surface area contributed by atoms with Gasteiger partial charge in [0, 0.05) is 35.5 Å². The van der Waals surface area contributed by atoms with Crippen LogP contribution in [0.5, 0.6) is 0 Å². The second-order valence-electron chi connectivity index (χ2n) is 5.86. The first-order valence-corrected chi connectivity index (χ1v) is 9.74. The van der Waals surface area contributed by atoms with Crippen molar-refractivity contribution in [3.63, 3.8) is 0 Å². The number of hydrogen-bond donors (Lipinski definition) is 3. The van der Waals surface area contributed by atoms with Crippen LogP contribution in [0, 0.1) is 6.92 Å². The van der Waals surface area contributed by atoms with Crippen LogP contribution < -0.4 is 16.0 Å². The molecular weight excluding hydrogens is 473 g/mol. The molecule has 2 heterocycles. The SMILES string of the molecule is CCNC(=NCc1ccc(CC)s1)NCCC(=O)Nc1ccc(C)cn1.I. The highest BCUT2D eigenvalue weighted by Crippen LogP contribution is 2.17. The molecule has 1 amide bonds. The van der Waals surface area contributed by atoms with Crippen molar-refractivity contribution in [3.05, 3.63) is 45.8 Å². The summed E-state index contributed by atoms with van der Waals surface area (Å²) in [6, 6.07) is 8.00. The quantitative estimate of drug-likeness (QED) is 0.293.